The molecule has 0 bridgehead atoms. The second kappa shape index (κ2) is 6.96. The monoisotopic (exact) mass is 374 g/mol. The summed E-state index contributed by atoms with van der Waals surface area (Å²) in [4.78, 5) is 32.8. The van der Waals surface area contributed by atoms with Crippen LogP contribution in [0.3, 0.4) is 0 Å². The summed E-state index contributed by atoms with van der Waals surface area (Å²) in [6.45, 7) is 4.57. The maximum Gasteiger partial charge on any atom is 0.252 e. The van der Waals surface area contributed by atoms with Crippen LogP contribution in [0, 0.1) is 13.8 Å². The van der Waals surface area contributed by atoms with Gasteiger partial charge in [-0.3, -0.25) is 9.59 Å². The number of hydrogen-bond acceptors (Lipinski definition) is 3. The fourth-order valence-electron chi connectivity index (χ4n) is 3.43. The van der Waals surface area contributed by atoms with Gasteiger partial charge in [0.2, 0.25) is 0 Å². The zero-order valence-electron chi connectivity index (χ0n) is 16.2. The summed E-state index contributed by atoms with van der Waals surface area (Å²) in [5.41, 5.74) is 5.29. The smallest absolute Gasteiger partial charge is 0.252 e. The molecule has 0 saturated carbocycles. The molecule has 2 heterocycles. The van der Waals surface area contributed by atoms with Gasteiger partial charge in [-0.1, -0.05) is 18.2 Å². The third-order valence-corrected chi connectivity index (χ3v) is 5.19. The Kier molecular flexibility index (Phi) is 4.47. The maximum absolute atomic E-state index is 12.7. The molecule has 0 atom stereocenters. The van der Waals surface area contributed by atoms with Crippen molar-refractivity contribution >= 4 is 27.8 Å². The molecule has 6 heteroatoms. The van der Waals surface area contributed by atoms with E-state index in [9.17, 15) is 9.59 Å². The summed E-state index contributed by atoms with van der Waals surface area (Å²) in [5, 5.41) is 3.67. The number of aromatic nitrogens is 3. The number of pyridine rings is 1. The van der Waals surface area contributed by atoms with Crippen LogP contribution in [0.15, 0.2) is 47.3 Å². The van der Waals surface area contributed by atoms with E-state index in [1.807, 2.05) is 24.3 Å². The van der Waals surface area contributed by atoms with Crippen molar-refractivity contribution in [3.8, 4) is 0 Å². The normalized spacial score (nSPS) is 11.2. The number of aryl methyl sites for hydroxylation is 3. The van der Waals surface area contributed by atoms with Crippen molar-refractivity contribution in [1.82, 2.24) is 19.9 Å². The number of imidazole rings is 1. The van der Waals surface area contributed by atoms with E-state index in [0.29, 0.717) is 18.5 Å². The van der Waals surface area contributed by atoms with Gasteiger partial charge in [0.15, 0.2) is 0 Å². The van der Waals surface area contributed by atoms with Gasteiger partial charge in [-0.05, 0) is 43.2 Å². The van der Waals surface area contributed by atoms with Gasteiger partial charge in [-0.2, -0.15) is 0 Å². The zero-order chi connectivity index (χ0) is 19.8. The molecule has 28 heavy (non-hydrogen) atoms. The zero-order valence-corrected chi connectivity index (χ0v) is 16.2. The van der Waals surface area contributed by atoms with E-state index in [4.69, 9.17) is 0 Å². The van der Waals surface area contributed by atoms with E-state index >= 15 is 0 Å². The summed E-state index contributed by atoms with van der Waals surface area (Å²) < 4.78 is 1.55. The number of amides is 1. The molecule has 0 aliphatic rings. The van der Waals surface area contributed by atoms with Gasteiger partial charge in [0, 0.05) is 31.5 Å². The molecule has 0 aliphatic heterocycles. The van der Waals surface area contributed by atoms with E-state index in [1.165, 1.54) is 17.2 Å². The van der Waals surface area contributed by atoms with Crippen LogP contribution >= 0.6 is 0 Å². The Morgan fingerprint density at radius 3 is 2.71 bits per heavy atom. The van der Waals surface area contributed by atoms with E-state index in [1.54, 1.807) is 11.6 Å². The van der Waals surface area contributed by atoms with Crippen LogP contribution < -0.4 is 10.9 Å². The van der Waals surface area contributed by atoms with Gasteiger partial charge < -0.3 is 14.9 Å². The van der Waals surface area contributed by atoms with Crippen molar-refractivity contribution in [2.24, 2.45) is 7.05 Å². The second-order valence-corrected chi connectivity index (χ2v) is 7.12. The summed E-state index contributed by atoms with van der Waals surface area (Å²) >= 11 is 0. The van der Waals surface area contributed by atoms with Crippen molar-refractivity contribution in [2.75, 3.05) is 6.54 Å². The van der Waals surface area contributed by atoms with Crippen LogP contribution in [0.4, 0.5) is 0 Å². The summed E-state index contributed by atoms with van der Waals surface area (Å²) in [5.74, 6) is 0.575. The summed E-state index contributed by atoms with van der Waals surface area (Å²) in [6.07, 6.45) is 0.585. The second-order valence-electron chi connectivity index (χ2n) is 7.12. The molecule has 0 radical (unpaired) electrons. The molecule has 142 valence electrons. The third kappa shape index (κ3) is 3.17. The molecule has 2 aromatic carbocycles. The molecule has 2 N–H and O–H groups in total. The Morgan fingerprint density at radius 1 is 1.14 bits per heavy atom. The number of para-hydroxylation sites is 1. The molecule has 0 saturated heterocycles. The number of hydrogen-bond donors (Lipinski definition) is 2. The largest absolute Gasteiger partial charge is 0.352 e. The number of H-pyrrole nitrogens is 1. The van der Waals surface area contributed by atoms with Crippen LogP contribution in [0.2, 0.25) is 0 Å². The average molecular weight is 374 g/mol. The minimum atomic E-state index is -0.253. The first-order valence-corrected chi connectivity index (χ1v) is 9.27. The van der Waals surface area contributed by atoms with E-state index in [2.05, 4.69) is 41.3 Å². The van der Waals surface area contributed by atoms with Crippen molar-refractivity contribution in [2.45, 2.75) is 20.3 Å². The lowest BCUT2D eigenvalue weighted by molar-refractivity contribution is 0.0955. The Balaban J connectivity index is 1.52. The highest BCUT2D eigenvalue weighted by molar-refractivity contribution is 6.06. The summed E-state index contributed by atoms with van der Waals surface area (Å²) in [7, 11) is 1.71. The first-order chi connectivity index (χ1) is 13.4. The van der Waals surface area contributed by atoms with Crippen LogP contribution in [0.25, 0.3) is 21.9 Å². The molecule has 0 fully saturated rings. The van der Waals surface area contributed by atoms with Crippen molar-refractivity contribution < 1.29 is 4.79 Å². The lowest BCUT2D eigenvalue weighted by Gasteiger charge is -2.10. The molecule has 4 rings (SSSR count). The van der Waals surface area contributed by atoms with Crippen molar-refractivity contribution in [3.05, 3.63) is 75.3 Å². The maximum atomic E-state index is 12.7. The van der Waals surface area contributed by atoms with Gasteiger partial charge in [-0.15, -0.1) is 0 Å². The highest BCUT2D eigenvalue weighted by Crippen LogP contribution is 2.18. The summed E-state index contributed by atoms with van der Waals surface area (Å²) in [6, 6.07) is 13.0. The van der Waals surface area contributed by atoms with Crippen molar-refractivity contribution in [3.63, 3.8) is 0 Å². The Bertz CT molecular complexity index is 1230. The number of carbonyl (C=O) groups is 1. The van der Waals surface area contributed by atoms with Crippen LogP contribution in [-0.4, -0.2) is 27.0 Å². The quantitative estimate of drug-likeness (QED) is 0.576. The Morgan fingerprint density at radius 2 is 1.89 bits per heavy atom. The van der Waals surface area contributed by atoms with E-state index in [-0.39, 0.29) is 11.5 Å². The number of nitrogens with zero attached hydrogens (tertiary/aromatic N) is 2. The fourth-order valence-corrected chi connectivity index (χ4v) is 3.43. The molecule has 0 spiro atoms. The van der Waals surface area contributed by atoms with Crippen LogP contribution in [0.1, 0.15) is 27.3 Å². The molecule has 4 aromatic rings. The van der Waals surface area contributed by atoms with Crippen LogP contribution in [0.5, 0.6) is 0 Å². The number of carbonyl (C=O) groups excluding carboxylic acids is 1. The number of fused-ring (bicyclic) bond motifs is 2. The Hall–Kier alpha value is -3.41. The molecule has 2 aromatic heterocycles. The standard InChI is InChI=1S/C22H22N4O2/c1-13-10-17-18(11-14(13)2)25-20(24-17)8-9-23-22(28)16-12-21(27)26(3)19-7-5-4-6-15(16)19/h4-7,10-12H,8-9H2,1-3H3,(H,23,28)(H,24,25). The minimum Gasteiger partial charge on any atom is -0.352 e. The third-order valence-electron chi connectivity index (χ3n) is 5.19. The SMILES string of the molecule is Cc1cc2nc(CCNC(=O)c3cc(=O)n(C)c4ccccc34)[nH]c2cc1C. The molecule has 0 aliphatic carbocycles. The van der Waals surface area contributed by atoms with Crippen molar-refractivity contribution in [1.29, 1.82) is 0 Å². The predicted molar refractivity (Wildman–Crippen MR) is 111 cm³/mol. The van der Waals surface area contributed by atoms with E-state index < -0.39 is 0 Å². The average Bonchev–Trinajstić information content (AvgIpc) is 3.06. The highest BCUT2D eigenvalue weighted by atomic mass is 16.2. The van der Waals surface area contributed by atoms with Gasteiger partial charge in [0.05, 0.1) is 22.1 Å². The number of aromatic amines is 1. The number of nitrogens with one attached hydrogen (secondary N) is 2. The lowest BCUT2D eigenvalue weighted by atomic mass is 10.1. The van der Waals surface area contributed by atoms with Gasteiger partial charge in [-0.25, -0.2) is 4.98 Å². The highest BCUT2D eigenvalue weighted by Gasteiger charge is 2.13. The predicted octanol–water partition coefficient (Wildman–Crippen LogP) is 3.00. The topological polar surface area (TPSA) is 79.8 Å². The van der Waals surface area contributed by atoms with Crippen LogP contribution in [-0.2, 0) is 13.5 Å². The van der Waals surface area contributed by atoms with Gasteiger partial charge in [0.25, 0.3) is 11.5 Å². The molecule has 0 unspecified atom stereocenters. The lowest BCUT2D eigenvalue weighted by Crippen LogP contribution is -2.28. The van der Waals surface area contributed by atoms with Gasteiger partial charge >= 0.3 is 0 Å². The number of benzene rings is 2. The molecule has 6 nitrogen and oxygen atoms in total. The fraction of sp³-hybridized carbons (Fsp3) is 0.227. The molecular weight excluding hydrogens is 352 g/mol. The molecule has 1 amide bonds. The first kappa shape index (κ1) is 18.0. The minimum absolute atomic E-state index is 0.202. The molecular formula is C22H22N4O2. The van der Waals surface area contributed by atoms with E-state index in [0.717, 1.165) is 27.8 Å². The van der Waals surface area contributed by atoms with Gasteiger partial charge in [0.1, 0.15) is 5.82 Å². The number of rotatable bonds is 4. The first-order valence-electron chi connectivity index (χ1n) is 9.27. The Labute approximate surface area is 162 Å².